The number of rotatable bonds is 6. The lowest BCUT2D eigenvalue weighted by Crippen LogP contribution is -2.45. The SMILES string of the molecule is Cc1cc([N+](=O)[O-])cc(S(=O)(=O)NCc2cccnc2N2CCN(C)CC2)c1C. The minimum Gasteiger partial charge on any atom is -0.354 e. The highest BCUT2D eigenvalue weighted by Crippen LogP contribution is 2.26. The third kappa shape index (κ3) is 4.72. The van der Waals surface area contributed by atoms with Crippen LogP contribution < -0.4 is 9.62 Å². The molecular weight excluding hydrogens is 394 g/mol. The van der Waals surface area contributed by atoms with Crippen LogP contribution >= 0.6 is 0 Å². The van der Waals surface area contributed by atoms with E-state index in [0.29, 0.717) is 11.1 Å². The number of hydrogen-bond acceptors (Lipinski definition) is 7. The first-order chi connectivity index (χ1) is 13.7. The maximum atomic E-state index is 12.9. The van der Waals surface area contributed by atoms with Crippen molar-refractivity contribution in [1.82, 2.24) is 14.6 Å². The van der Waals surface area contributed by atoms with Gasteiger partial charge in [-0.15, -0.1) is 0 Å². The largest absolute Gasteiger partial charge is 0.354 e. The van der Waals surface area contributed by atoms with Crippen molar-refractivity contribution in [3.8, 4) is 0 Å². The van der Waals surface area contributed by atoms with Gasteiger partial charge in [0.05, 0.1) is 9.82 Å². The van der Waals surface area contributed by atoms with Crippen LogP contribution in [0.1, 0.15) is 16.7 Å². The number of sulfonamides is 1. The Labute approximate surface area is 170 Å². The average Bonchev–Trinajstić information content (AvgIpc) is 2.69. The number of piperazine rings is 1. The second-order valence-electron chi connectivity index (χ2n) is 7.24. The predicted molar refractivity (Wildman–Crippen MR) is 111 cm³/mol. The van der Waals surface area contributed by atoms with Crippen molar-refractivity contribution in [2.24, 2.45) is 0 Å². The maximum Gasteiger partial charge on any atom is 0.271 e. The van der Waals surface area contributed by atoms with E-state index >= 15 is 0 Å². The number of likely N-dealkylation sites (N-methyl/N-ethyl adjacent to an activating group) is 1. The fourth-order valence-corrected chi connectivity index (χ4v) is 4.66. The topological polar surface area (TPSA) is 109 Å². The van der Waals surface area contributed by atoms with Crippen molar-refractivity contribution < 1.29 is 13.3 Å². The Morgan fingerprint density at radius 3 is 2.55 bits per heavy atom. The van der Waals surface area contributed by atoms with Gasteiger partial charge in [-0.2, -0.15) is 0 Å². The number of aromatic nitrogens is 1. The summed E-state index contributed by atoms with van der Waals surface area (Å²) in [6, 6.07) is 6.09. The molecule has 1 aromatic carbocycles. The molecule has 0 atom stereocenters. The first kappa shape index (κ1) is 21.2. The Kier molecular flexibility index (Phi) is 6.15. The quantitative estimate of drug-likeness (QED) is 0.562. The van der Waals surface area contributed by atoms with Gasteiger partial charge in [-0.25, -0.2) is 18.1 Å². The van der Waals surface area contributed by atoms with Crippen LogP contribution in [0.4, 0.5) is 11.5 Å². The fraction of sp³-hybridized carbons (Fsp3) is 0.421. The molecule has 2 heterocycles. The zero-order chi connectivity index (χ0) is 21.2. The molecule has 156 valence electrons. The van der Waals surface area contributed by atoms with Gasteiger partial charge in [0.2, 0.25) is 10.0 Å². The summed E-state index contributed by atoms with van der Waals surface area (Å²) < 4.78 is 28.4. The molecular formula is C19H25N5O4S. The van der Waals surface area contributed by atoms with E-state index in [-0.39, 0.29) is 17.1 Å². The van der Waals surface area contributed by atoms with Crippen LogP contribution in [0.3, 0.4) is 0 Å². The minimum absolute atomic E-state index is 0.0546. The van der Waals surface area contributed by atoms with E-state index in [1.807, 2.05) is 6.07 Å². The lowest BCUT2D eigenvalue weighted by molar-refractivity contribution is -0.385. The monoisotopic (exact) mass is 419 g/mol. The van der Waals surface area contributed by atoms with Crippen LogP contribution in [0.15, 0.2) is 35.4 Å². The third-order valence-electron chi connectivity index (χ3n) is 5.23. The number of hydrogen-bond donors (Lipinski definition) is 1. The van der Waals surface area contributed by atoms with E-state index < -0.39 is 14.9 Å². The smallest absolute Gasteiger partial charge is 0.271 e. The summed E-state index contributed by atoms with van der Waals surface area (Å²) >= 11 is 0. The van der Waals surface area contributed by atoms with Gasteiger partial charge in [0.25, 0.3) is 5.69 Å². The molecule has 29 heavy (non-hydrogen) atoms. The lowest BCUT2D eigenvalue weighted by atomic mass is 10.1. The van der Waals surface area contributed by atoms with Gasteiger partial charge in [0.1, 0.15) is 5.82 Å². The van der Waals surface area contributed by atoms with E-state index in [1.54, 1.807) is 26.1 Å². The first-order valence-corrected chi connectivity index (χ1v) is 10.8. The highest BCUT2D eigenvalue weighted by molar-refractivity contribution is 7.89. The average molecular weight is 420 g/mol. The van der Waals surface area contributed by atoms with Gasteiger partial charge >= 0.3 is 0 Å². The molecule has 9 nitrogen and oxygen atoms in total. The minimum atomic E-state index is -3.93. The van der Waals surface area contributed by atoms with Crippen LogP contribution in [0, 0.1) is 24.0 Å². The second kappa shape index (κ2) is 8.44. The van der Waals surface area contributed by atoms with E-state index in [4.69, 9.17) is 0 Å². The number of non-ortho nitro benzene ring substituents is 1. The molecule has 1 aromatic heterocycles. The molecule has 10 heteroatoms. The summed E-state index contributed by atoms with van der Waals surface area (Å²) in [5.74, 6) is 0.759. The Hall–Kier alpha value is -2.56. The number of nitro groups is 1. The van der Waals surface area contributed by atoms with Gasteiger partial charge < -0.3 is 9.80 Å². The van der Waals surface area contributed by atoms with Gasteiger partial charge in [-0.1, -0.05) is 6.07 Å². The number of pyridine rings is 1. The number of aryl methyl sites for hydroxylation is 1. The molecule has 1 aliphatic rings. The van der Waals surface area contributed by atoms with Crippen LogP contribution in [-0.2, 0) is 16.6 Å². The summed E-state index contributed by atoms with van der Waals surface area (Å²) in [7, 11) is -1.87. The van der Waals surface area contributed by atoms with E-state index in [2.05, 4.69) is 26.6 Å². The summed E-state index contributed by atoms with van der Waals surface area (Å²) in [4.78, 5) is 19.3. The van der Waals surface area contributed by atoms with Crippen LogP contribution in [0.5, 0.6) is 0 Å². The molecule has 1 aliphatic heterocycles. The van der Waals surface area contributed by atoms with E-state index in [1.165, 1.54) is 6.07 Å². The van der Waals surface area contributed by atoms with Crippen LogP contribution in [-0.4, -0.2) is 56.5 Å². The summed E-state index contributed by atoms with van der Waals surface area (Å²) in [5, 5.41) is 11.1. The third-order valence-corrected chi connectivity index (χ3v) is 6.76. The summed E-state index contributed by atoms with van der Waals surface area (Å²) in [6.07, 6.45) is 1.69. The van der Waals surface area contributed by atoms with Crippen molar-refractivity contribution in [2.45, 2.75) is 25.3 Å². The lowest BCUT2D eigenvalue weighted by Gasteiger charge is -2.34. The van der Waals surface area contributed by atoms with Gasteiger partial charge in [-0.05, 0) is 38.1 Å². The van der Waals surface area contributed by atoms with Crippen LogP contribution in [0.25, 0.3) is 0 Å². The molecule has 0 unspecified atom stereocenters. The van der Waals surface area contributed by atoms with Crippen LogP contribution in [0.2, 0.25) is 0 Å². The normalized spacial score (nSPS) is 15.5. The molecule has 1 N–H and O–H groups in total. The highest BCUT2D eigenvalue weighted by atomic mass is 32.2. The van der Waals surface area contributed by atoms with Gasteiger partial charge in [0, 0.05) is 56.6 Å². The van der Waals surface area contributed by atoms with Gasteiger partial charge in [0.15, 0.2) is 0 Å². The molecule has 3 rings (SSSR count). The highest BCUT2D eigenvalue weighted by Gasteiger charge is 2.24. The first-order valence-electron chi connectivity index (χ1n) is 9.32. The zero-order valence-corrected chi connectivity index (χ0v) is 17.6. The Morgan fingerprint density at radius 1 is 1.21 bits per heavy atom. The van der Waals surface area contributed by atoms with E-state index in [0.717, 1.165) is 43.6 Å². The number of nitro benzene ring substituents is 1. The molecule has 0 radical (unpaired) electrons. The van der Waals surface area contributed by atoms with Crippen molar-refractivity contribution in [1.29, 1.82) is 0 Å². The number of anilines is 1. The van der Waals surface area contributed by atoms with Crippen molar-refractivity contribution in [2.75, 3.05) is 38.1 Å². The Balaban J connectivity index is 1.84. The molecule has 0 amide bonds. The number of nitrogens with zero attached hydrogens (tertiary/aromatic N) is 4. The zero-order valence-electron chi connectivity index (χ0n) is 16.8. The molecule has 1 fully saturated rings. The Bertz CT molecular complexity index is 1020. The molecule has 1 saturated heterocycles. The molecule has 0 bridgehead atoms. The molecule has 2 aromatic rings. The molecule has 0 spiro atoms. The van der Waals surface area contributed by atoms with Crippen molar-refractivity contribution in [3.63, 3.8) is 0 Å². The maximum absolute atomic E-state index is 12.9. The summed E-state index contributed by atoms with van der Waals surface area (Å²) in [5.41, 5.74) is 1.57. The van der Waals surface area contributed by atoms with Gasteiger partial charge in [-0.3, -0.25) is 10.1 Å². The summed E-state index contributed by atoms with van der Waals surface area (Å²) in [6.45, 7) is 6.81. The fourth-order valence-electron chi connectivity index (χ4n) is 3.31. The standard InChI is InChI=1S/C19H25N5O4S/c1-14-11-17(24(25)26)12-18(15(14)2)29(27,28)21-13-16-5-4-6-20-19(16)23-9-7-22(3)8-10-23/h4-6,11-12,21H,7-10,13H2,1-3H3. The van der Waals surface area contributed by atoms with E-state index in [9.17, 15) is 18.5 Å². The molecule has 0 aliphatic carbocycles. The van der Waals surface area contributed by atoms with Crippen molar-refractivity contribution >= 4 is 21.5 Å². The number of nitrogens with one attached hydrogen (secondary N) is 1. The molecule has 0 saturated carbocycles. The Morgan fingerprint density at radius 2 is 1.90 bits per heavy atom. The second-order valence-corrected chi connectivity index (χ2v) is 8.98. The predicted octanol–water partition coefficient (Wildman–Crippen LogP) is 1.84. The number of benzene rings is 1. The van der Waals surface area contributed by atoms with Crippen molar-refractivity contribution in [3.05, 3.63) is 57.3 Å².